The number of benzene rings is 2. The van der Waals surface area contributed by atoms with E-state index in [0.717, 1.165) is 36.2 Å². The molecular formula is C24H23F3N6O2. The zero-order chi connectivity index (χ0) is 25.3. The minimum absolute atomic E-state index is 0.0294. The van der Waals surface area contributed by atoms with Crippen LogP contribution in [0.25, 0.3) is 11.4 Å². The van der Waals surface area contributed by atoms with Crippen LogP contribution in [0.3, 0.4) is 0 Å². The Morgan fingerprint density at radius 1 is 1.06 bits per heavy atom. The van der Waals surface area contributed by atoms with Crippen LogP contribution in [0.5, 0.6) is 0 Å². The second-order valence-corrected chi connectivity index (χ2v) is 8.24. The third kappa shape index (κ3) is 5.18. The Kier molecular flexibility index (Phi) is 6.33. The van der Waals surface area contributed by atoms with Crippen LogP contribution in [0.15, 0.2) is 48.5 Å². The summed E-state index contributed by atoms with van der Waals surface area (Å²) >= 11 is 0. The van der Waals surface area contributed by atoms with Crippen LogP contribution in [-0.2, 0) is 17.4 Å². The van der Waals surface area contributed by atoms with Gasteiger partial charge < -0.3 is 21.7 Å². The third-order valence-corrected chi connectivity index (χ3v) is 5.73. The summed E-state index contributed by atoms with van der Waals surface area (Å²) in [6.45, 7) is 2.22. The van der Waals surface area contributed by atoms with Crippen molar-refractivity contribution < 1.29 is 22.8 Å². The van der Waals surface area contributed by atoms with Gasteiger partial charge in [-0.1, -0.05) is 0 Å². The van der Waals surface area contributed by atoms with Crippen LogP contribution >= 0.6 is 0 Å². The monoisotopic (exact) mass is 484 g/mol. The fraction of sp³-hybridized carbons (Fsp3) is 0.250. The van der Waals surface area contributed by atoms with Crippen molar-refractivity contribution in [3.05, 3.63) is 65.4 Å². The average molecular weight is 484 g/mol. The minimum Gasteiger partial charge on any atom is -0.368 e. The number of primary amides is 2. The molecule has 1 aliphatic rings. The largest absolute Gasteiger partial charge is 0.416 e. The zero-order valence-corrected chi connectivity index (χ0v) is 18.8. The highest BCUT2D eigenvalue weighted by molar-refractivity contribution is 5.92. The van der Waals surface area contributed by atoms with E-state index in [1.54, 1.807) is 13.0 Å². The normalized spacial score (nSPS) is 14.2. The Labute approximate surface area is 199 Å². The predicted molar refractivity (Wildman–Crippen MR) is 125 cm³/mol. The number of amides is 2. The van der Waals surface area contributed by atoms with E-state index in [-0.39, 0.29) is 17.3 Å². The van der Waals surface area contributed by atoms with Crippen LogP contribution < -0.4 is 21.7 Å². The van der Waals surface area contributed by atoms with Crippen molar-refractivity contribution in [3.63, 3.8) is 0 Å². The molecule has 0 saturated heterocycles. The molecule has 35 heavy (non-hydrogen) atoms. The minimum atomic E-state index is -4.39. The Balaban J connectivity index is 1.68. The molecule has 0 radical (unpaired) electrons. The van der Waals surface area contributed by atoms with Gasteiger partial charge in [0.25, 0.3) is 5.91 Å². The molecule has 0 fully saturated rings. The molecule has 11 heteroatoms. The Hall–Kier alpha value is -4.15. The number of carbonyl (C=O) groups is 2. The van der Waals surface area contributed by atoms with Gasteiger partial charge in [0.15, 0.2) is 5.82 Å². The lowest BCUT2D eigenvalue weighted by molar-refractivity contribution is -0.137. The van der Waals surface area contributed by atoms with Crippen molar-refractivity contribution in [2.45, 2.75) is 32.0 Å². The molecule has 2 amide bonds. The molecule has 182 valence electrons. The third-order valence-electron chi connectivity index (χ3n) is 5.73. The standard InChI is InChI=1S/C24H23F3N6O2/c1-13(21(28)34)30-20-12-18(22(29)35)31-23(32-20)15-4-9-19-14(11-15)3-2-10-33(19)17-7-5-16(6-8-17)24(25,26)27/h4-9,11-13H,2-3,10H2,1H3,(H2,28,34)(H2,29,35)(H,30,31,32). The number of halogens is 3. The van der Waals surface area contributed by atoms with Gasteiger partial charge in [-0.25, -0.2) is 9.97 Å². The molecule has 3 aromatic rings. The first-order valence-corrected chi connectivity index (χ1v) is 10.9. The molecule has 4 rings (SSSR count). The molecule has 5 N–H and O–H groups in total. The highest BCUT2D eigenvalue weighted by atomic mass is 19.4. The van der Waals surface area contributed by atoms with Gasteiger partial charge in [-0.3, -0.25) is 9.59 Å². The summed E-state index contributed by atoms with van der Waals surface area (Å²) in [5.74, 6) is -0.896. The highest BCUT2D eigenvalue weighted by Crippen LogP contribution is 2.37. The summed E-state index contributed by atoms with van der Waals surface area (Å²) in [5.41, 5.74) is 13.1. The number of alkyl halides is 3. The van der Waals surface area contributed by atoms with E-state index >= 15 is 0 Å². The zero-order valence-electron chi connectivity index (χ0n) is 18.8. The van der Waals surface area contributed by atoms with Gasteiger partial charge in [-0.2, -0.15) is 13.2 Å². The van der Waals surface area contributed by atoms with Gasteiger partial charge in [0, 0.05) is 29.5 Å². The fourth-order valence-electron chi connectivity index (χ4n) is 3.90. The van der Waals surface area contributed by atoms with E-state index in [9.17, 15) is 22.8 Å². The smallest absolute Gasteiger partial charge is 0.368 e. The number of nitrogens with two attached hydrogens (primary N) is 2. The summed E-state index contributed by atoms with van der Waals surface area (Å²) in [5, 5.41) is 2.83. The summed E-state index contributed by atoms with van der Waals surface area (Å²) < 4.78 is 38.8. The maximum Gasteiger partial charge on any atom is 0.416 e. The van der Waals surface area contributed by atoms with Crippen LogP contribution in [0.1, 0.15) is 35.0 Å². The fourth-order valence-corrected chi connectivity index (χ4v) is 3.90. The first-order chi connectivity index (χ1) is 16.5. The maximum absolute atomic E-state index is 12.9. The molecule has 0 saturated carbocycles. The number of hydrogen-bond acceptors (Lipinski definition) is 6. The van der Waals surface area contributed by atoms with Crippen LogP contribution in [0.4, 0.5) is 30.4 Å². The molecule has 2 heterocycles. The summed E-state index contributed by atoms with van der Waals surface area (Å²) in [6.07, 6.45) is -2.85. The second kappa shape index (κ2) is 9.24. The van der Waals surface area contributed by atoms with Crippen molar-refractivity contribution in [1.29, 1.82) is 0 Å². The number of nitrogens with zero attached hydrogens (tertiary/aromatic N) is 3. The van der Waals surface area contributed by atoms with E-state index in [1.807, 2.05) is 17.0 Å². The Bertz CT molecular complexity index is 1280. The number of fused-ring (bicyclic) bond motifs is 1. The van der Waals surface area contributed by atoms with E-state index in [0.29, 0.717) is 17.8 Å². The number of anilines is 3. The average Bonchev–Trinajstić information content (AvgIpc) is 2.82. The predicted octanol–water partition coefficient (Wildman–Crippen LogP) is 3.63. The van der Waals surface area contributed by atoms with E-state index in [1.165, 1.54) is 18.2 Å². The second-order valence-electron chi connectivity index (χ2n) is 8.24. The molecule has 2 aromatic carbocycles. The van der Waals surface area contributed by atoms with Gasteiger partial charge >= 0.3 is 6.18 Å². The maximum atomic E-state index is 12.9. The lowest BCUT2D eigenvalue weighted by Crippen LogP contribution is -2.33. The number of carbonyl (C=O) groups excluding carboxylic acids is 2. The van der Waals surface area contributed by atoms with Gasteiger partial charge in [0.1, 0.15) is 17.6 Å². The van der Waals surface area contributed by atoms with Crippen LogP contribution in [-0.4, -0.2) is 34.4 Å². The number of hydrogen-bond donors (Lipinski definition) is 3. The quantitative estimate of drug-likeness (QED) is 0.490. The number of nitrogens with one attached hydrogen (secondary N) is 1. The number of rotatable bonds is 6. The van der Waals surface area contributed by atoms with Gasteiger partial charge in [-0.15, -0.1) is 0 Å². The molecule has 1 atom stereocenters. The first-order valence-electron chi connectivity index (χ1n) is 10.9. The van der Waals surface area contributed by atoms with Gasteiger partial charge in [-0.05, 0) is 67.8 Å². The molecule has 8 nitrogen and oxygen atoms in total. The molecule has 1 aliphatic heterocycles. The van der Waals surface area contributed by atoms with Crippen LogP contribution in [0, 0.1) is 0 Å². The first kappa shape index (κ1) is 24.0. The van der Waals surface area contributed by atoms with Crippen molar-refractivity contribution in [2.75, 3.05) is 16.8 Å². The van der Waals surface area contributed by atoms with Gasteiger partial charge in [0.2, 0.25) is 5.91 Å². The summed E-state index contributed by atoms with van der Waals surface area (Å²) in [7, 11) is 0. The van der Waals surface area contributed by atoms with E-state index in [4.69, 9.17) is 11.5 Å². The van der Waals surface area contributed by atoms with E-state index < -0.39 is 29.6 Å². The lowest BCUT2D eigenvalue weighted by Gasteiger charge is -2.32. The number of aromatic nitrogens is 2. The molecule has 0 spiro atoms. The van der Waals surface area contributed by atoms with Crippen molar-refractivity contribution in [1.82, 2.24) is 9.97 Å². The van der Waals surface area contributed by atoms with E-state index in [2.05, 4.69) is 15.3 Å². The van der Waals surface area contributed by atoms with Crippen molar-refractivity contribution in [2.24, 2.45) is 11.5 Å². The Morgan fingerprint density at radius 3 is 2.40 bits per heavy atom. The van der Waals surface area contributed by atoms with Crippen molar-refractivity contribution >= 4 is 29.0 Å². The van der Waals surface area contributed by atoms with Gasteiger partial charge in [0.05, 0.1) is 5.56 Å². The number of aryl methyl sites for hydroxylation is 1. The topological polar surface area (TPSA) is 127 Å². The summed E-state index contributed by atoms with van der Waals surface area (Å²) in [6, 6.07) is 11.2. The summed E-state index contributed by atoms with van der Waals surface area (Å²) in [4.78, 5) is 33.9. The molecule has 0 aliphatic carbocycles. The highest BCUT2D eigenvalue weighted by Gasteiger charge is 2.30. The molecule has 1 unspecified atom stereocenters. The lowest BCUT2D eigenvalue weighted by atomic mass is 9.98. The Morgan fingerprint density at radius 2 is 1.77 bits per heavy atom. The van der Waals surface area contributed by atoms with Crippen LogP contribution in [0.2, 0.25) is 0 Å². The molecular weight excluding hydrogens is 461 g/mol. The van der Waals surface area contributed by atoms with Crippen molar-refractivity contribution in [3.8, 4) is 11.4 Å². The SMILES string of the molecule is CC(Nc1cc(C(N)=O)nc(-c2ccc3c(c2)CCCN3c2ccc(C(F)(F)F)cc2)n1)C(N)=O. The molecule has 1 aromatic heterocycles. The molecule has 0 bridgehead atoms.